The molecule has 0 fully saturated rings. The summed E-state index contributed by atoms with van der Waals surface area (Å²) in [5.74, 6) is 0.436. The van der Waals surface area contributed by atoms with Crippen LogP contribution in [-0.2, 0) is 11.3 Å². The summed E-state index contributed by atoms with van der Waals surface area (Å²) in [4.78, 5) is 29.9. The number of ether oxygens (including phenoxy) is 2. The maximum atomic E-state index is 13.0. The van der Waals surface area contributed by atoms with Gasteiger partial charge in [0, 0.05) is 10.9 Å². The molecular formula is C26H25N3O4S. The maximum absolute atomic E-state index is 13.0. The third kappa shape index (κ3) is 6.11. The Morgan fingerprint density at radius 2 is 1.68 bits per heavy atom. The van der Waals surface area contributed by atoms with Crippen LogP contribution in [0, 0.1) is 0 Å². The summed E-state index contributed by atoms with van der Waals surface area (Å²) >= 11 is 1.38. The fourth-order valence-corrected chi connectivity index (χ4v) is 4.10. The number of aromatic nitrogens is 1. The summed E-state index contributed by atoms with van der Waals surface area (Å²) in [6.45, 7) is 5.73. The molecule has 0 spiro atoms. The van der Waals surface area contributed by atoms with Crippen LogP contribution in [0.5, 0.6) is 5.75 Å². The van der Waals surface area contributed by atoms with Crippen LogP contribution in [0.2, 0.25) is 0 Å². The molecule has 0 unspecified atom stereocenters. The van der Waals surface area contributed by atoms with Crippen LogP contribution in [0.1, 0.15) is 36.1 Å². The highest BCUT2D eigenvalue weighted by Gasteiger charge is 2.18. The minimum atomic E-state index is -0.625. The average molecular weight is 476 g/mol. The number of nitrogens with one attached hydrogen (secondary N) is 2. The van der Waals surface area contributed by atoms with Crippen LogP contribution in [0.25, 0.3) is 10.1 Å². The second kappa shape index (κ2) is 9.93. The molecule has 8 heteroatoms. The number of carbonyl (C=O) groups excluding carboxylic acids is 2. The van der Waals surface area contributed by atoms with Gasteiger partial charge in [0.05, 0.1) is 21.9 Å². The third-order valence-electron chi connectivity index (χ3n) is 4.64. The van der Waals surface area contributed by atoms with Gasteiger partial charge in [-0.3, -0.25) is 15.1 Å². The number of hydrogen-bond donors (Lipinski definition) is 2. The number of thiophene rings is 1. The lowest BCUT2D eigenvalue weighted by molar-refractivity contribution is 0.0635. The number of nitrogens with zero attached hydrogens (tertiary/aromatic N) is 1. The maximum Gasteiger partial charge on any atom is 0.412 e. The number of fused-ring (bicyclic) bond motifs is 1. The van der Waals surface area contributed by atoms with Gasteiger partial charge >= 0.3 is 6.09 Å². The molecule has 0 atom stereocenters. The standard InChI is InChI=1S/C26H25N3O4S/c1-26(2,3)33-25(31)29-21-10-5-4-9-20(21)28-24(30)23-15-17-14-19(11-12-22(17)34-23)32-16-18-8-6-7-13-27-18/h4-15H,16H2,1-3H3,(H,28,30)(H,29,31). The zero-order valence-electron chi connectivity index (χ0n) is 19.1. The van der Waals surface area contributed by atoms with Crippen molar-refractivity contribution in [3.05, 3.63) is 83.5 Å². The summed E-state index contributed by atoms with van der Waals surface area (Å²) in [5.41, 5.74) is 1.15. The first kappa shape index (κ1) is 23.3. The topological polar surface area (TPSA) is 89.6 Å². The van der Waals surface area contributed by atoms with Crippen LogP contribution in [0.15, 0.2) is 72.9 Å². The zero-order chi connectivity index (χ0) is 24.1. The minimum Gasteiger partial charge on any atom is -0.487 e. The highest BCUT2D eigenvalue weighted by molar-refractivity contribution is 7.20. The minimum absolute atomic E-state index is 0.268. The first-order valence-corrected chi connectivity index (χ1v) is 11.6. The van der Waals surface area contributed by atoms with Crippen molar-refractivity contribution in [3.63, 3.8) is 0 Å². The molecule has 2 aromatic carbocycles. The van der Waals surface area contributed by atoms with Crippen molar-refractivity contribution >= 4 is 44.8 Å². The van der Waals surface area contributed by atoms with E-state index in [4.69, 9.17) is 9.47 Å². The highest BCUT2D eigenvalue weighted by Crippen LogP contribution is 2.31. The number of carbonyl (C=O) groups is 2. The van der Waals surface area contributed by atoms with Gasteiger partial charge in [0.1, 0.15) is 18.0 Å². The average Bonchev–Trinajstić information content (AvgIpc) is 3.22. The molecule has 2 N–H and O–H groups in total. The molecule has 2 heterocycles. The van der Waals surface area contributed by atoms with E-state index in [-0.39, 0.29) is 5.91 Å². The predicted octanol–water partition coefficient (Wildman–Crippen LogP) is 6.47. The van der Waals surface area contributed by atoms with Crippen molar-refractivity contribution in [1.29, 1.82) is 0 Å². The first-order chi connectivity index (χ1) is 16.3. The summed E-state index contributed by atoms with van der Waals surface area (Å²) in [7, 11) is 0. The van der Waals surface area contributed by atoms with Gasteiger partial charge in [0.25, 0.3) is 5.91 Å². The summed E-state index contributed by atoms with van der Waals surface area (Å²) in [6, 6.07) is 20.2. The molecule has 0 aliphatic heterocycles. The SMILES string of the molecule is CC(C)(C)OC(=O)Nc1ccccc1NC(=O)c1cc2cc(OCc3ccccn3)ccc2s1. The Labute approximate surface area is 201 Å². The Morgan fingerprint density at radius 3 is 2.38 bits per heavy atom. The lowest BCUT2D eigenvalue weighted by Crippen LogP contribution is -2.27. The fraction of sp³-hybridized carbons (Fsp3) is 0.192. The largest absolute Gasteiger partial charge is 0.487 e. The number of para-hydroxylation sites is 2. The van der Waals surface area contributed by atoms with Gasteiger partial charge < -0.3 is 14.8 Å². The van der Waals surface area contributed by atoms with Crippen LogP contribution in [-0.4, -0.2) is 22.6 Å². The summed E-state index contributed by atoms with van der Waals surface area (Å²) in [5, 5.41) is 6.48. The van der Waals surface area contributed by atoms with E-state index in [0.29, 0.717) is 28.6 Å². The number of benzene rings is 2. The van der Waals surface area contributed by atoms with Crippen LogP contribution >= 0.6 is 11.3 Å². The van der Waals surface area contributed by atoms with Crippen molar-refractivity contribution in [2.24, 2.45) is 0 Å². The van der Waals surface area contributed by atoms with Crippen molar-refractivity contribution in [3.8, 4) is 5.75 Å². The molecule has 7 nitrogen and oxygen atoms in total. The van der Waals surface area contributed by atoms with E-state index < -0.39 is 11.7 Å². The van der Waals surface area contributed by atoms with Gasteiger partial charge in [-0.1, -0.05) is 18.2 Å². The van der Waals surface area contributed by atoms with Gasteiger partial charge in [-0.2, -0.15) is 0 Å². The Morgan fingerprint density at radius 1 is 0.941 bits per heavy atom. The van der Waals surface area contributed by atoms with Crippen molar-refractivity contribution in [2.75, 3.05) is 10.6 Å². The van der Waals surface area contributed by atoms with E-state index in [1.807, 2.05) is 42.5 Å². The van der Waals surface area contributed by atoms with Gasteiger partial charge in [0.2, 0.25) is 0 Å². The number of anilines is 2. The van der Waals surface area contributed by atoms with E-state index in [2.05, 4.69) is 15.6 Å². The monoisotopic (exact) mass is 475 g/mol. The lowest BCUT2D eigenvalue weighted by atomic mass is 10.2. The molecule has 0 saturated carbocycles. The Balaban J connectivity index is 1.45. The molecule has 0 aliphatic rings. The first-order valence-electron chi connectivity index (χ1n) is 10.7. The summed E-state index contributed by atoms with van der Waals surface area (Å²) < 4.78 is 12.1. The zero-order valence-corrected chi connectivity index (χ0v) is 19.9. The molecular weight excluding hydrogens is 450 g/mol. The van der Waals surface area contributed by atoms with Crippen LogP contribution < -0.4 is 15.4 Å². The van der Waals surface area contributed by atoms with Gasteiger partial charge in [-0.15, -0.1) is 11.3 Å². The molecule has 2 amide bonds. The third-order valence-corrected chi connectivity index (χ3v) is 5.75. The van der Waals surface area contributed by atoms with E-state index in [0.717, 1.165) is 15.8 Å². The quantitative estimate of drug-likeness (QED) is 0.333. The predicted molar refractivity (Wildman–Crippen MR) is 135 cm³/mol. The number of hydrogen-bond acceptors (Lipinski definition) is 6. The van der Waals surface area contributed by atoms with E-state index in [1.165, 1.54) is 11.3 Å². The van der Waals surface area contributed by atoms with Gasteiger partial charge in [-0.05, 0) is 74.7 Å². The molecule has 174 valence electrons. The fourth-order valence-electron chi connectivity index (χ4n) is 3.16. The van der Waals surface area contributed by atoms with Crippen molar-refractivity contribution in [2.45, 2.75) is 33.0 Å². The molecule has 4 aromatic rings. The van der Waals surface area contributed by atoms with E-state index >= 15 is 0 Å². The molecule has 0 radical (unpaired) electrons. The van der Waals surface area contributed by atoms with Gasteiger partial charge in [0.15, 0.2) is 0 Å². The Hall–Kier alpha value is -3.91. The van der Waals surface area contributed by atoms with E-state index in [1.54, 1.807) is 51.2 Å². The van der Waals surface area contributed by atoms with E-state index in [9.17, 15) is 9.59 Å². The van der Waals surface area contributed by atoms with Gasteiger partial charge in [-0.25, -0.2) is 4.79 Å². The van der Waals surface area contributed by atoms with Crippen molar-refractivity contribution in [1.82, 2.24) is 4.98 Å². The van der Waals surface area contributed by atoms with Crippen LogP contribution in [0.4, 0.5) is 16.2 Å². The molecule has 34 heavy (non-hydrogen) atoms. The molecule has 2 aromatic heterocycles. The molecule has 0 aliphatic carbocycles. The number of amides is 2. The second-order valence-corrected chi connectivity index (χ2v) is 9.63. The number of rotatable bonds is 6. The molecule has 0 bridgehead atoms. The molecule has 0 saturated heterocycles. The van der Waals surface area contributed by atoms with Crippen LogP contribution in [0.3, 0.4) is 0 Å². The van der Waals surface area contributed by atoms with Crippen molar-refractivity contribution < 1.29 is 19.1 Å². The second-order valence-electron chi connectivity index (χ2n) is 8.55. The lowest BCUT2D eigenvalue weighted by Gasteiger charge is -2.20. The number of pyridine rings is 1. The molecule has 4 rings (SSSR count). The smallest absolute Gasteiger partial charge is 0.412 e. The summed E-state index contributed by atoms with van der Waals surface area (Å²) in [6.07, 6.45) is 1.14. The highest BCUT2D eigenvalue weighted by atomic mass is 32.1. The Kier molecular flexibility index (Phi) is 6.79. The normalized spacial score (nSPS) is 11.1. The Bertz CT molecular complexity index is 1310.